The monoisotopic (exact) mass is 393 g/mol. The third kappa shape index (κ3) is 3.75. The fraction of sp³-hybridized carbons (Fsp3) is 0.375. The van der Waals surface area contributed by atoms with E-state index < -0.39 is 0 Å². The summed E-state index contributed by atoms with van der Waals surface area (Å²) in [5, 5.41) is 10.6. The van der Waals surface area contributed by atoms with Gasteiger partial charge in [-0.2, -0.15) is 0 Å². The lowest BCUT2D eigenvalue weighted by Crippen LogP contribution is -2.36. The van der Waals surface area contributed by atoms with Crippen LogP contribution >= 0.6 is 0 Å². The summed E-state index contributed by atoms with van der Waals surface area (Å²) in [4.78, 5) is 15.4. The average Bonchev–Trinajstić information content (AvgIpc) is 3.03. The highest BCUT2D eigenvalue weighted by molar-refractivity contribution is 6.15. The van der Waals surface area contributed by atoms with Gasteiger partial charge in [0.1, 0.15) is 17.2 Å². The molecule has 0 saturated carbocycles. The summed E-state index contributed by atoms with van der Waals surface area (Å²) in [6, 6.07) is 9.61. The molecule has 4 rings (SSSR count). The molecule has 1 saturated heterocycles. The first kappa shape index (κ1) is 19.5. The summed E-state index contributed by atoms with van der Waals surface area (Å²) in [5.41, 5.74) is 2.80. The lowest BCUT2D eigenvalue weighted by Gasteiger charge is -2.33. The number of nitrogens with zero attached hydrogens (tertiary/aromatic N) is 1. The Balaban J connectivity index is 1.70. The summed E-state index contributed by atoms with van der Waals surface area (Å²) in [6.07, 6.45) is 5.27. The van der Waals surface area contributed by atoms with Crippen LogP contribution in [0.4, 0.5) is 0 Å². The zero-order chi connectivity index (χ0) is 20.5. The largest absolute Gasteiger partial charge is 0.507 e. The molecule has 0 spiro atoms. The second-order valence-electron chi connectivity index (χ2n) is 7.93. The highest BCUT2D eigenvalue weighted by Crippen LogP contribution is 2.42. The number of rotatable bonds is 4. The number of ether oxygens (including phenoxy) is 2. The molecule has 2 aliphatic rings. The summed E-state index contributed by atoms with van der Waals surface area (Å²) in [6.45, 7) is 5.62. The predicted octanol–water partition coefficient (Wildman–Crippen LogP) is 4.70. The number of allylic oxidation sites excluding steroid dienone is 1. The second-order valence-corrected chi connectivity index (χ2v) is 7.93. The molecule has 2 heterocycles. The van der Waals surface area contributed by atoms with Gasteiger partial charge >= 0.3 is 0 Å². The number of benzene rings is 2. The van der Waals surface area contributed by atoms with Crippen LogP contribution < -0.4 is 9.47 Å². The van der Waals surface area contributed by atoms with Crippen LogP contribution in [0.2, 0.25) is 0 Å². The minimum atomic E-state index is -0.145. The molecule has 1 N–H and O–H groups in total. The third-order valence-electron chi connectivity index (χ3n) is 5.91. The minimum absolute atomic E-state index is 0.145. The van der Waals surface area contributed by atoms with E-state index in [9.17, 15) is 9.90 Å². The van der Waals surface area contributed by atoms with E-state index in [0.29, 0.717) is 29.5 Å². The Labute approximate surface area is 171 Å². The molecule has 1 fully saturated rings. The molecule has 29 heavy (non-hydrogen) atoms. The number of methoxy groups -OCH3 is 1. The van der Waals surface area contributed by atoms with Gasteiger partial charge in [0.2, 0.25) is 5.78 Å². The molecule has 2 aromatic rings. The van der Waals surface area contributed by atoms with Gasteiger partial charge in [0, 0.05) is 12.6 Å². The van der Waals surface area contributed by atoms with Crippen molar-refractivity contribution < 1.29 is 19.4 Å². The van der Waals surface area contributed by atoms with Crippen LogP contribution in [0.1, 0.15) is 53.2 Å². The van der Waals surface area contributed by atoms with E-state index in [-0.39, 0.29) is 17.3 Å². The van der Waals surface area contributed by atoms with Crippen molar-refractivity contribution in [1.29, 1.82) is 0 Å². The van der Waals surface area contributed by atoms with Crippen molar-refractivity contribution in [3.05, 3.63) is 58.3 Å². The van der Waals surface area contributed by atoms with E-state index in [0.717, 1.165) is 36.3 Å². The maximum absolute atomic E-state index is 13.1. The summed E-state index contributed by atoms with van der Waals surface area (Å²) >= 11 is 0. The highest BCUT2D eigenvalue weighted by atomic mass is 16.5. The number of hydrogen-bond donors (Lipinski definition) is 1. The molecule has 2 aliphatic heterocycles. The van der Waals surface area contributed by atoms with Crippen molar-refractivity contribution in [1.82, 2.24) is 4.90 Å². The van der Waals surface area contributed by atoms with Crippen LogP contribution in [0.25, 0.3) is 6.08 Å². The first-order valence-corrected chi connectivity index (χ1v) is 10.2. The van der Waals surface area contributed by atoms with Gasteiger partial charge in [-0.3, -0.25) is 9.69 Å². The van der Waals surface area contributed by atoms with E-state index in [4.69, 9.17) is 9.47 Å². The molecule has 0 radical (unpaired) electrons. The smallest absolute Gasteiger partial charge is 0.232 e. The Morgan fingerprint density at radius 3 is 2.90 bits per heavy atom. The number of phenolic OH excluding ortho intramolecular Hbond substituents is 1. The molecule has 152 valence electrons. The maximum atomic E-state index is 13.1. The van der Waals surface area contributed by atoms with Crippen LogP contribution in [-0.4, -0.2) is 35.5 Å². The van der Waals surface area contributed by atoms with Crippen molar-refractivity contribution in [2.24, 2.45) is 0 Å². The lowest BCUT2D eigenvalue weighted by molar-refractivity contribution is 0.101. The standard InChI is InChI=1S/C24H27NO4/c1-15-11-20(26)19(14-25-10-5-4-7-16(25)2)24-22(15)23(27)21(29-24)13-17-8-6-9-18(12-17)28-3/h6,8-9,11-13,16,26H,4-5,7,10,14H2,1-3H3/b21-13-. The van der Waals surface area contributed by atoms with E-state index >= 15 is 0 Å². The Bertz CT molecular complexity index is 979. The van der Waals surface area contributed by atoms with Crippen LogP contribution in [0, 0.1) is 6.92 Å². The Morgan fingerprint density at radius 2 is 2.14 bits per heavy atom. The number of carbonyl (C=O) groups is 1. The molecule has 1 unspecified atom stereocenters. The van der Waals surface area contributed by atoms with Gasteiger partial charge in [-0.15, -0.1) is 0 Å². The average molecular weight is 393 g/mol. The first-order valence-electron chi connectivity index (χ1n) is 10.2. The number of piperidine rings is 1. The second kappa shape index (κ2) is 7.91. The quantitative estimate of drug-likeness (QED) is 0.763. The van der Waals surface area contributed by atoms with Gasteiger partial charge in [0.25, 0.3) is 0 Å². The van der Waals surface area contributed by atoms with Gasteiger partial charge in [-0.05, 0) is 68.6 Å². The molecule has 5 nitrogen and oxygen atoms in total. The van der Waals surface area contributed by atoms with Crippen LogP contribution in [0.3, 0.4) is 0 Å². The van der Waals surface area contributed by atoms with E-state index in [1.807, 2.05) is 31.2 Å². The van der Waals surface area contributed by atoms with Gasteiger partial charge in [0.15, 0.2) is 5.76 Å². The minimum Gasteiger partial charge on any atom is -0.507 e. The molecule has 2 aromatic carbocycles. The molecule has 0 amide bonds. The van der Waals surface area contributed by atoms with Crippen LogP contribution in [0.5, 0.6) is 17.2 Å². The SMILES string of the molecule is COc1cccc(/C=C2\Oc3c(CN4CCCCC4C)c(O)cc(C)c3C2=O)c1. The molecule has 5 heteroatoms. The van der Waals surface area contributed by atoms with E-state index in [1.54, 1.807) is 19.3 Å². The molecule has 0 bridgehead atoms. The van der Waals surface area contributed by atoms with Crippen molar-refractivity contribution in [2.45, 2.75) is 45.7 Å². The predicted molar refractivity (Wildman–Crippen MR) is 112 cm³/mol. The van der Waals surface area contributed by atoms with Crippen molar-refractivity contribution in [3.63, 3.8) is 0 Å². The normalized spacial score (nSPS) is 20.6. The Morgan fingerprint density at radius 1 is 1.31 bits per heavy atom. The Hall–Kier alpha value is -2.79. The number of phenols is 1. The molecule has 1 atom stereocenters. The number of hydrogen-bond acceptors (Lipinski definition) is 5. The van der Waals surface area contributed by atoms with Gasteiger partial charge in [-0.25, -0.2) is 0 Å². The number of carbonyl (C=O) groups excluding carboxylic acids is 1. The third-order valence-corrected chi connectivity index (χ3v) is 5.91. The lowest BCUT2D eigenvalue weighted by atomic mass is 9.97. The number of likely N-dealkylation sites (tertiary alicyclic amines) is 1. The molecule has 0 aromatic heterocycles. The van der Waals surface area contributed by atoms with Crippen molar-refractivity contribution >= 4 is 11.9 Å². The summed E-state index contributed by atoms with van der Waals surface area (Å²) < 4.78 is 11.3. The van der Waals surface area contributed by atoms with Crippen LogP contribution in [0.15, 0.2) is 36.1 Å². The number of aromatic hydroxyl groups is 1. The first-order chi connectivity index (χ1) is 14.0. The summed E-state index contributed by atoms with van der Waals surface area (Å²) in [5.74, 6) is 1.54. The molecular weight excluding hydrogens is 366 g/mol. The maximum Gasteiger partial charge on any atom is 0.232 e. The van der Waals surface area contributed by atoms with Gasteiger partial charge < -0.3 is 14.6 Å². The van der Waals surface area contributed by atoms with Crippen molar-refractivity contribution in [2.75, 3.05) is 13.7 Å². The topological polar surface area (TPSA) is 59.0 Å². The van der Waals surface area contributed by atoms with Crippen molar-refractivity contribution in [3.8, 4) is 17.2 Å². The molecular formula is C24H27NO4. The fourth-order valence-electron chi connectivity index (χ4n) is 4.21. The van der Waals surface area contributed by atoms with Crippen LogP contribution in [-0.2, 0) is 6.54 Å². The number of aryl methyl sites for hydroxylation is 1. The Kier molecular flexibility index (Phi) is 5.33. The zero-order valence-corrected chi connectivity index (χ0v) is 17.2. The number of Topliss-reactive ketones (excluding diaryl/α,β-unsaturated/α-hetero) is 1. The number of fused-ring (bicyclic) bond motifs is 1. The van der Waals surface area contributed by atoms with Gasteiger partial charge in [0.05, 0.1) is 18.2 Å². The van der Waals surface area contributed by atoms with Gasteiger partial charge in [-0.1, -0.05) is 18.6 Å². The number of ketones is 1. The fourth-order valence-corrected chi connectivity index (χ4v) is 4.21. The summed E-state index contributed by atoms with van der Waals surface area (Å²) in [7, 11) is 1.61. The van der Waals surface area contributed by atoms with E-state index in [2.05, 4.69) is 11.8 Å². The zero-order valence-electron chi connectivity index (χ0n) is 17.2. The highest BCUT2D eigenvalue weighted by Gasteiger charge is 2.34. The molecule has 0 aliphatic carbocycles. The van der Waals surface area contributed by atoms with E-state index in [1.165, 1.54) is 6.42 Å².